The van der Waals surface area contributed by atoms with Gasteiger partial charge >= 0.3 is 0 Å². The number of nitrogens with one attached hydrogen (secondary N) is 1. The summed E-state index contributed by atoms with van der Waals surface area (Å²) < 4.78 is 7.13. The molecule has 120 valence electrons. The van der Waals surface area contributed by atoms with E-state index < -0.39 is 0 Å². The zero-order valence-electron chi connectivity index (χ0n) is 13.2. The molecule has 0 aromatic carbocycles. The molecule has 0 aliphatic carbocycles. The monoisotopic (exact) mass is 306 g/mol. The van der Waals surface area contributed by atoms with E-state index >= 15 is 0 Å². The molecule has 1 fully saturated rings. The van der Waals surface area contributed by atoms with E-state index in [0.717, 1.165) is 31.8 Å². The van der Waals surface area contributed by atoms with Crippen molar-refractivity contribution in [2.45, 2.75) is 32.7 Å². The van der Waals surface area contributed by atoms with Crippen LogP contribution in [0.2, 0.25) is 0 Å². The first kappa shape index (κ1) is 15.0. The van der Waals surface area contributed by atoms with Crippen LogP contribution < -0.4 is 10.2 Å². The van der Waals surface area contributed by atoms with Gasteiger partial charge in [-0.2, -0.15) is 0 Å². The van der Waals surface area contributed by atoms with Crippen molar-refractivity contribution in [1.82, 2.24) is 25.5 Å². The number of aromatic nitrogens is 4. The number of hydrogen-bond donors (Lipinski definition) is 1. The number of rotatable bonds is 3. The number of amides is 1. The topological polar surface area (TPSA) is 85.2 Å². The third kappa shape index (κ3) is 2.58. The van der Waals surface area contributed by atoms with Gasteiger partial charge in [0.1, 0.15) is 0 Å². The molecule has 0 spiro atoms. The van der Waals surface area contributed by atoms with Gasteiger partial charge in [-0.05, 0) is 43.0 Å². The normalized spacial score (nSPS) is 25.1. The van der Waals surface area contributed by atoms with Crippen LogP contribution in [0.5, 0.6) is 0 Å². The SMILES string of the molecule is CC1=C(C(=O)NC[C@@H]2CCCOC2)[C@@H](C)n2nnnc2N1C. The Morgan fingerprint density at radius 2 is 2.32 bits per heavy atom. The molecule has 1 aromatic heterocycles. The molecule has 1 saturated heterocycles. The first-order valence-corrected chi connectivity index (χ1v) is 7.68. The summed E-state index contributed by atoms with van der Waals surface area (Å²) in [5.41, 5.74) is 1.59. The van der Waals surface area contributed by atoms with Crippen LogP contribution in [0, 0.1) is 5.92 Å². The number of fused-ring (bicyclic) bond motifs is 1. The van der Waals surface area contributed by atoms with Gasteiger partial charge in [0.05, 0.1) is 18.2 Å². The van der Waals surface area contributed by atoms with E-state index in [4.69, 9.17) is 4.74 Å². The van der Waals surface area contributed by atoms with Gasteiger partial charge in [-0.1, -0.05) is 5.10 Å². The maximum atomic E-state index is 12.6. The molecule has 22 heavy (non-hydrogen) atoms. The van der Waals surface area contributed by atoms with Crippen molar-refractivity contribution in [2.75, 3.05) is 31.7 Å². The Morgan fingerprint density at radius 3 is 3.05 bits per heavy atom. The quantitative estimate of drug-likeness (QED) is 0.875. The van der Waals surface area contributed by atoms with E-state index in [1.165, 1.54) is 0 Å². The molecule has 3 heterocycles. The molecular formula is C14H22N6O2. The van der Waals surface area contributed by atoms with Crippen LogP contribution in [0.3, 0.4) is 0 Å². The lowest BCUT2D eigenvalue weighted by Crippen LogP contribution is -2.39. The second-order valence-electron chi connectivity index (χ2n) is 5.95. The smallest absolute Gasteiger partial charge is 0.251 e. The fourth-order valence-electron chi connectivity index (χ4n) is 3.07. The van der Waals surface area contributed by atoms with Gasteiger partial charge in [0.15, 0.2) is 0 Å². The summed E-state index contributed by atoms with van der Waals surface area (Å²) >= 11 is 0. The maximum absolute atomic E-state index is 12.6. The van der Waals surface area contributed by atoms with Crippen molar-refractivity contribution in [3.05, 3.63) is 11.3 Å². The van der Waals surface area contributed by atoms with Crippen LogP contribution in [-0.2, 0) is 9.53 Å². The van der Waals surface area contributed by atoms with Gasteiger partial charge < -0.3 is 15.0 Å². The number of nitrogens with zero attached hydrogens (tertiary/aromatic N) is 5. The van der Waals surface area contributed by atoms with E-state index in [9.17, 15) is 4.79 Å². The largest absolute Gasteiger partial charge is 0.381 e. The van der Waals surface area contributed by atoms with Crippen LogP contribution in [0.1, 0.15) is 32.7 Å². The Labute approximate surface area is 129 Å². The lowest BCUT2D eigenvalue weighted by atomic mass is 10.0. The molecule has 8 heteroatoms. The minimum atomic E-state index is -0.177. The van der Waals surface area contributed by atoms with Crippen LogP contribution in [0.25, 0.3) is 0 Å². The standard InChI is InChI=1S/C14H22N6O2/c1-9-12(10(2)20-14(19(9)3)16-17-18-20)13(21)15-7-11-5-4-6-22-8-11/h10-11H,4-8H2,1-3H3,(H,15,21)/t10-,11+/m1/s1. The van der Waals surface area contributed by atoms with Crippen molar-refractivity contribution in [3.8, 4) is 0 Å². The fourth-order valence-corrected chi connectivity index (χ4v) is 3.07. The lowest BCUT2D eigenvalue weighted by Gasteiger charge is -2.31. The first-order valence-electron chi connectivity index (χ1n) is 7.68. The maximum Gasteiger partial charge on any atom is 0.251 e. The molecule has 2 aliphatic heterocycles. The second kappa shape index (κ2) is 6.04. The highest BCUT2D eigenvalue weighted by molar-refractivity contribution is 5.96. The number of anilines is 1. The van der Waals surface area contributed by atoms with Gasteiger partial charge in [-0.15, -0.1) is 0 Å². The van der Waals surface area contributed by atoms with E-state index in [0.29, 0.717) is 24.0 Å². The lowest BCUT2D eigenvalue weighted by molar-refractivity contribution is -0.118. The summed E-state index contributed by atoms with van der Waals surface area (Å²) in [6, 6.07) is -0.177. The van der Waals surface area contributed by atoms with Crippen LogP contribution in [0.4, 0.5) is 5.95 Å². The summed E-state index contributed by atoms with van der Waals surface area (Å²) in [5, 5.41) is 14.7. The molecule has 1 N–H and O–H groups in total. The number of allylic oxidation sites excluding steroid dienone is 1. The van der Waals surface area contributed by atoms with Crippen molar-refractivity contribution in [3.63, 3.8) is 0 Å². The number of carbonyl (C=O) groups is 1. The first-order chi connectivity index (χ1) is 10.6. The van der Waals surface area contributed by atoms with Crippen LogP contribution >= 0.6 is 0 Å². The van der Waals surface area contributed by atoms with Gasteiger partial charge in [-0.25, -0.2) is 4.68 Å². The third-order valence-electron chi connectivity index (χ3n) is 4.50. The van der Waals surface area contributed by atoms with Gasteiger partial charge in [-0.3, -0.25) is 4.79 Å². The Hall–Kier alpha value is -1.96. The summed E-state index contributed by atoms with van der Waals surface area (Å²) in [5.74, 6) is 1.00. The minimum Gasteiger partial charge on any atom is -0.381 e. The zero-order chi connectivity index (χ0) is 15.7. The van der Waals surface area contributed by atoms with Gasteiger partial charge in [0, 0.05) is 25.9 Å². The van der Waals surface area contributed by atoms with E-state index in [-0.39, 0.29) is 11.9 Å². The Bertz CT molecular complexity index is 590. The highest BCUT2D eigenvalue weighted by Crippen LogP contribution is 2.31. The molecule has 0 bridgehead atoms. The molecule has 0 radical (unpaired) electrons. The third-order valence-corrected chi connectivity index (χ3v) is 4.50. The summed E-state index contributed by atoms with van der Waals surface area (Å²) in [6.07, 6.45) is 2.17. The van der Waals surface area contributed by atoms with E-state index in [1.54, 1.807) is 4.68 Å². The second-order valence-corrected chi connectivity index (χ2v) is 5.95. The number of ether oxygens (including phenoxy) is 1. The van der Waals surface area contributed by atoms with E-state index in [2.05, 4.69) is 20.8 Å². The Kier molecular flexibility index (Phi) is 4.10. The van der Waals surface area contributed by atoms with Crippen molar-refractivity contribution >= 4 is 11.9 Å². The molecule has 1 amide bonds. The van der Waals surface area contributed by atoms with Crippen LogP contribution in [0.15, 0.2) is 11.3 Å². The Balaban J connectivity index is 1.72. The fraction of sp³-hybridized carbons (Fsp3) is 0.714. The summed E-state index contributed by atoms with van der Waals surface area (Å²) in [4.78, 5) is 14.5. The number of hydrogen-bond acceptors (Lipinski definition) is 6. The van der Waals surface area contributed by atoms with Crippen LogP contribution in [-0.4, -0.2) is 52.9 Å². The highest BCUT2D eigenvalue weighted by Gasteiger charge is 2.32. The molecular weight excluding hydrogens is 284 g/mol. The molecule has 0 unspecified atom stereocenters. The predicted molar refractivity (Wildman–Crippen MR) is 80.2 cm³/mol. The van der Waals surface area contributed by atoms with E-state index in [1.807, 2.05) is 25.8 Å². The number of tetrazole rings is 1. The molecule has 0 saturated carbocycles. The molecule has 2 atom stereocenters. The highest BCUT2D eigenvalue weighted by atomic mass is 16.5. The molecule has 3 rings (SSSR count). The minimum absolute atomic E-state index is 0.0522. The Morgan fingerprint density at radius 1 is 1.50 bits per heavy atom. The van der Waals surface area contributed by atoms with Gasteiger partial charge in [0.25, 0.3) is 5.91 Å². The number of carbonyl (C=O) groups excluding carboxylic acids is 1. The predicted octanol–water partition coefficient (Wildman–Crippen LogP) is 0.501. The van der Waals surface area contributed by atoms with Crippen molar-refractivity contribution in [2.24, 2.45) is 5.92 Å². The molecule has 1 aromatic rings. The van der Waals surface area contributed by atoms with Crippen molar-refractivity contribution < 1.29 is 9.53 Å². The molecule has 8 nitrogen and oxygen atoms in total. The summed E-state index contributed by atoms with van der Waals surface area (Å²) in [6.45, 7) is 6.07. The molecule has 2 aliphatic rings. The zero-order valence-corrected chi connectivity index (χ0v) is 13.2. The average molecular weight is 306 g/mol. The van der Waals surface area contributed by atoms with Gasteiger partial charge in [0.2, 0.25) is 5.95 Å². The summed E-state index contributed by atoms with van der Waals surface area (Å²) in [7, 11) is 1.87. The van der Waals surface area contributed by atoms with Crippen molar-refractivity contribution in [1.29, 1.82) is 0 Å². The average Bonchev–Trinajstić information content (AvgIpc) is 3.02.